The lowest BCUT2D eigenvalue weighted by atomic mass is 9.96. The number of amides is 1. The maximum Gasteiger partial charge on any atom is 0.222 e. The summed E-state index contributed by atoms with van der Waals surface area (Å²) in [6.45, 7) is 2.91. The van der Waals surface area contributed by atoms with Crippen molar-refractivity contribution in [3.63, 3.8) is 0 Å². The fourth-order valence-corrected chi connectivity index (χ4v) is 3.00. The molecule has 1 saturated heterocycles. The van der Waals surface area contributed by atoms with E-state index < -0.39 is 0 Å². The van der Waals surface area contributed by atoms with Gasteiger partial charge in [0.05, 0.1) is 0 Å². The van der Waals surface area contributed by atoms with Crippen LogP contribution in [0.15, 0.2) is 28.7 Å². The number of halogens is 1. The van der Waals surface area contributed by atoms with E-state index in [4.69, 9.17) is 0 Å². The first-order valence-electron chi connectivity index (χ1n) is 7.36. The molecule has 1 aliphatic rings. The van der Waals surface area contributed by atoms with Gasteiger partial charge in [0.15, 0.2) is 0 Å². The maximum absolute atomic E-state index is 12.2. The Labute approximate surface area is 129 Å². The van der Waals surface area contributed by atoms with E-state index in [-0.39, 0.29) is 0 Å². The molecule has 1 amide bonds. The Bertz CT molecular complexity index is 425. The van der Waals surface area contributed by atoms with Crippen LogP contribution in [0, 0.1) is 5.92 Å². The fourth-order valence-electron chi connectivity index (χ4n) is 2.74. The number of aryl methyl sites for hydroxylation is 1. The van der Waals surface area contributed by atoms with E-state index in [0.717, 1.165) is 49.3 Å². The van der Waals surface area contributed by atoms with E-state index in [1.807, 2.05) is 24.1 Å². The van der Waals surface area contributed by atoms with E-state index in [9.17, 15) is 4.79 Å². The standard InChI is InChI=1S/C16H23BrN2O/c1-18-12-14-8-10-19(11-9-14)16(20)7-4-13-2-5-15(17)6-3-13/h2-3,5-6,14,18H,4,7-12H2,1H3. The molecule has 110 valence electrons. The molecule has 2 rings (SSSR count). The SMILES string of the molecule is CNCC1CCN(C(=O)CCc2ccc(Br)cc2)CC1. The summed E-state index contributed by atoms with van der Waals surface area (Å²) in [5.41, 5.74) is 1.23. The molecule has 0 aromatic heterocycles. The number of hydrogen-bond donors (Lipinski definition) is 1. The average Bonchev–Trinajstić information content (AvgIpc) is 2.47. The van der Waals surface area contributed by atoms with Crippen LogP contribution in [0.25, 0.3) is 0 Å². The van der Waals surface area contributed by atoms with Gasteiger partial charge in [-0.05, 0) is 56.5 Å². The third-order valence-corrected chi connectivity index (χ3v) is 4.53. The van der Waals surface area contributed by atoms with Gasteiger partial charge in [-0.2, -0.15) is 0 Å². The van der Waals surface area contributed by atoms with Gasteiger partial charge < -0.3 is 10.2 Å². The van der Waals surface area contributed by atoms with Crippen molar-refractivity contribution in [1.82, 2.24) is 10.2 Å². The molecule has 0 spiro atoms. The van der Waals surface area contributed by atoms with Crippen LogP contribution in [0.1, 0.15) is 24.8 Å². The molecular weight excluding hydrogens is 316 g/mol. The number of nitrogens with one attached hydrogen (secondary N) is 1. The lowest BCUT2D eigenvalue weighted by molar-refractivity contribution is -0.132. The Balaban J connectivity index is 1.74. The molecule has 0 saturated carbocycles. The smallest absolute Gasteiger partial charge is 0.222 e. The minimum absolute atomic E-state index is 0.302. The first kappa shape index (κ1) is 15.5. The molecule has 1 N–H and O–H groups in total. The van der Waals surface area contributed by atoms with E-state index in [0.29, 0.717) is 12.3 Å². The van der Waals surface area contributed by atoms with E-state index in [1.165, 1.54) is 5.56 Å². The molecule has 3 nitrogen and oxygen atoms in total. The summed E-state index contributed by atoms with van der Waals surface area (Å²) < 4.78 is 1.08. The fraction of sp³-hybridized carbons (Fsp3) is 0.562. The monoisotopic (exact) mass is 338 g/mol. The Morgan fingerprint density at radius 3 is 2.55 bits per heavy atom. The van der Waals surface area contributed by atoms with Crippen LogP contribution in [0.2, 0.25) is 0 Å². The van der Waals surface area contributed by atoms with Gasteiger partial charge in [0.1, 0.15) is 0 Å². The Kier molecular flexibility index (Phi) is 6.05. The van der Waals surface area contributed by atoms with Crippen molar-refractivity contribution in [2.24, 2.45) is 5.92 Å². The second-order valence-electron chi connectivity index (χ2n) is 5.51. The van der Waals surface area contributed by atoms with E-state index in [1.54, 1.807) is 0 Å². The van der Waals surface area contributed by atoms with Gasteiger partial charge in [0.25, 0.3) is 0 Å². The Morgan fingerprint density at radius 1 is 1.30 bits per heavy atom. The molecule has 0 aliphatic carbocycles. The van der Waals surface area contributed by atoms with Gasteiger partial charge in [-0.3, -0.25) is 4.79 Å². The van der Waals surface area contributed by atoms with Gasteiger partial charge in [-0.1, -0.05) is 28.1 Å². The molecule has 1 aliphatic heterocycles. The summed E-state index contributed by atoms with van der Waals surface area (Å²) in [4.78, 5) is 14.2. The number of carbonyl (C=O) groups is 1. The zero-order valence-corrected chi connectivity index (χ0v) is 13.7. The van der Waals surface area contributed by atoms with Gasteiger partial charge in [-0.15, -0.1) is 0 Å². The number of carbonyl (C=O) groups excluding carboxylic acids is 1. The first-order chi connectivity index (χ1) is 9.69. The van der Waals surface area contributed by atoms with Crippen molar-refractivity contribution < 1.29 is 4.79 Å². The van der Waals surface area contributed by atoms with Crippen LogP contribution in [0.3, 0.4) is 0 Å². The van der Waals surface area contributed by atoms with Gasteiger partial charge in [0.2, 0.25) is 5.91 Å². The summed E-state index contributed by atoms with van der Waals surface area (Å²) in [7, 11) is 2.00. The van der Waals surface area contributed by atoms with Crippen LogP contribution < -0.4 is 5.32 Å². The second kappa shape index (κ2) is 7.79. The molecule has 0 radical (unpaired) electrons. The highest BCUT2D eigenvalue weighted by molar-refractivity contribution is 9.10. The quantitative estimate of drug-likeness (QED) is 0.895. The Hall–Kier alpha value is -0.870. The summed E-state index contributed by atoms with van der Waals surface area (Å²) in [6.07, 6.45) is 3.72. The highest BCUT2D eigenvalue weighted by Gasteiger charge is 2.21. The highest BCUT2D eigenvalue weighted by Crippen LogP contribution is 2.18. The Morgan fingerprint density at radius 2 is 1.95 bits per heavy atom. The molecule has 1 fully saturated rings. The third kappa shape index (κ3) is 4.60. The minimum atomic E-state index is 0.302. The van der Waals surface area contributed by atoms with Crippen LogP contribution in [0.4, 0.5) is 0 Å². The number of piperidine rings is 1. The largest absolute Gasteiger partial charge is 0.343 e. The summed E-state index contributed by atoms with van der Waals surface area (Å²) in [6, 6.07) is 8.22. The van der Waals surface area contributed by atoms with Crippen LogP contribution in [-0.4, -0.2) is 37.5 Å². The van der Waals surface area contributed by atoms with Crippen LogP contribution in [-0.2, 0) is 11.2 Å². The molecular formula is C16H23BrN2O. The topological polar surface area (TPSA) is 32.3 Å². The van der Waals surface area contributed by atoms with Crippen molar-refractivity contribution in [3.8, 4) is 0 Å². The summed E-state index contributed by atoms with van der Waals surface area (Å²) in [5, 5.41) is 3.23. The third-order valence-electron chi connectivity index (χ3n) is 4.00. The van der Waals surface area contributed by atoms with Gasteiger partial charge in [0, 0.05) is 24.0 Å². The molecule has 1 heterocycles. The highest BCUT2D eigenvalue weighted by atomic mass is 79.9. The number of benzene rings is 1. The summed E-state index contributed by atoms with van der Waals surface area (Å²) in [5.74, 6) is 1.03. The molecule has 0 atom stereocenters. The van der Waals surface area contributed by atoms with Crippen molar-refractivity contribution in [2.45, 2.75) is 25.7 Å². The molecule has 1 aromatic rings. The normalized spacial score (nSPS) is 16.4. The lowest BCUT2D eigenvalue weighted by Crippen LogP contribution is -2.40. The minimum Gasteiger partial charge on any atom is -0.343 e. The first-order valence-corrected chi connectivity index (χ1v) is 8.15. The number of nitrogens with zero attached hydrogens (tertiary/aromatic N) is 1. The second-order valence-corrected chi connectivity index (χ2v) is 6.42. The lowest BCUT2D eigenvalue weighted by Gasteiger charge is -2.32. The van der Waals surface area contributed by atoms with E-state index in [2.05, 4.69) is 33.4 Å². The predicted molar refractivity (Wildman–Crippen MR) is 85.7 cm³/mol. The molecule has 0 bridgehead atoms. The van der Waals surface area contributed by atoms with Crippen molar-refractivity contribution in [1.29, 1.82) is 0 Å². The van der Waals surface area contributed by atoms with Crippen molar-refractivity contribution in [3.05, 3.63) is 34.3 Å². The van der Waals surface area contributed by atoms with Gasteiger partial charge in [-0.25, -0.2) is 0 Å². The maximum atomic E-state index is 12.2. The number of likely N-dealkylation sites (tertiary alicyclic amines) is 1. The van der Waals surface area contributed by atoms with Gasteiger partial charge >= 0.3 is 0 Å². The van der Waals surface area contributed by atoms with Crippen molar-refractivity contribution >= 4 is 21.8 Å². The van der Waals surface area contributed by atoms with E-state index >= 15 is 0 Å². The van der Waals surface area contributed by atoms with Crippen LogP contribution in [0.5, 0.6) is 0 Å². The molecule has 1 aromatic carbocycles. The molecule has 4 heteroatoms. The zero-order chi connectivity index (χ0) is 14.4. The van der Waals surface area contributed by atoms with Crippen LogP contribution >= 0.6 is 15.9 Å². The number of hydrogen-bond acceptors (Lipinski definition) is 2. The van der Waals surface area contributed by atoms with Crippen molar-refractivity contribution in [2.75, 3.05) is 26.7 Å². The number of rotatable bonds is 5. The average molecular weight is 339 g/mol. The zero-order valence-electron chi connectivity index (χ0n) is 12.1. The molecule has 20 heavy (non-hydrogen) atoms. The summed E-state index contributed by atoms with van der Waals surface area (Å²) >= 11 is 3.43. The molecule has 0 unspecified atom stereocenters. The predicted octanol–water partition coefficient (Wildman–Crippen LogP) is 2.84.